The Morgan fingerprint density at radius 2 is 2.00 bits per heavy atom. The molecule has 3 rings (SSSR count). The van der Waals surface area contributed by atoms with Crippen LogP contribution in [0.25, 0.3) is 5.69 Å². The number of nitrogens with one attached hydrogen (secondary N) is 3. The number of amides is 1. The maximum atomic E-state index is 15.0. The molecule has 2 aromatic heterocycles. The van der Waals surface area contributed by atoms with Crippen molar-refractivity contribution in [3.8, 4) is 11.8 Å². The second-order valence-corrected chi connectivity index (χ2v) is 10.1. The molecular weight excluding hydrogens is 497 g/mol. The number of alkyl carbamates (subject to hydrolysis) is 1. The van der Waals surface area contributed by atoms with Gasteiger partial charge in [0.25, 0.3) is 0 Å². The molecule has 3 N–H and O–H groups in total. The molecule has 0 bridgehead atoms. The first-order valence-electron chi connectivity index (χ1n) is 11.9. The van der Waals surface area contributed by atoms with Crippen molar-refractivity contribution in [2.45, 2.75) is 65.1 Å². The standard InChI is InChI=1S/C26H31ClFN7O2/c1-6-7-22(16(2)32-25(36)37-26(3,4)5)34-24-10-23(17(11-29)8-21(24)28)33-19-9-20(14-30-13-19)35-15-18(27)12-31-35/h8-10,12-16,22,33-34H,6-7H2,1-5H3,(H,32,36)/t16-,22+/m0/s1. The topological polar surface area (TPSA) is 117 Å². The minimum atomic E-state index is -0.632. The Morgan fingerprint density at radius 3 is 2.62 bits per heavy atom. The molecule has 1 aromatic carbocycles. The molecule has 2 atom stereocenters. The number of aromatic nitrogens is 3. The lowest BCUT2D eigenvalue weighted by Gasteiger charge is -2.28. The fraction of sp³-hybridized carbons (Fsp3) is 0.385. The Hall–Kier alpha value is -3.84. The minimum absolute atomic E-state index is 0.127. The van der Waals surface area contributed by atoms with Crippen LogP contribution in [0.1, 0.15) is 53.0 Å². The molecule has 0 spiro atoms. The molecule has 0 aliphatic heterocycles. The molecule has 37 heavy (non-hydrogen) atoms. The normalized spacial score (nSPS) is 12.8. The van der Waals surface area contributed by atoms with Crippen molar-refractivity contribution >= 4 is 34.8 Å². The van der Waals surface area contributed by atoms with Crippen molar-refractivity contribution in [1.82, 2.24) is 20.1 Å². The third-order valence-electron chi connectivity index (χ3n) is 5.33. The van der Waals surface area contributed by atoms with Crippen LogP contribution < -0.4 is 16.0 Å². The Morgan fingerprint density at radius 1 is 1.24 bits per heavy atom. The van der Waals surface area contributed by atoms with E-state index in [2.05, 4.69) is 26.0 Å². The fourth-order valence-corrected chi connectivity index (χ4v) is 3.79. The average Bonchev–Trinajstić information content (AvgIpc) is 3.25. The number of nitrogens with zero attached hydrogens (tertiary/aromatic N) is 4. The summed E-state index contributed by atoms with van der Waals surface area (Å²) in [6.45, 7) is 9.19. The zero-order valence-electron chi connectivity index (χ0n) is 21.5. The van der Waals surface area contributed by atoms with Gasteiger partial charge >= 0.3 is 6.09 Å². The van der Waals surface area contributed by atoms with Crippen LogP contribution in [0.3, 0.4) is 0 Å². The predicted molar refractivity (Wildman–Crippen MR) is 142 cm³/mol. The van der Waals surface area contributed by atoms with E-state index >= 15 is 4.39 Å². The summed E-state index contributed by atoms with van der Waals surface area (Å²) in [4.78, 5) is 16.5. The number of rotatable bonds is 9. The van der Waals surface area contributed by atoms with Gasteiger partial charge in [-0.1, -0.05) is 24.9 Å². The monoisotopic (exact) mass is 527 g/mol. The fourth-order valence-electron chi connectivity index (χ4n) is 3.65. The van der Waals surface area contributed by atoms with Crippen LogP contribution in [0.4, 0.5) is 26.2 Å². The van der Waals surface area contributed by atoms with Gasteiger partial charge in [0, 0.05) is 18.3 Å². The van der Waals surface area contributed by atoms with Crippen LogP contribution in [0.15, 0.2) is 43.0 Å². The van der Waals surface area contributed by atoms with Crippen molar-refractivity contribution in [2.75, 3.05) is 10.6 Å². The number of benzene rings is 1. The molecule has 0 radical (unpaired) electrons. The number of hydrogen-bond acceptors (Lipinski definition) is 7. The van der Waals surface area contributed by atoms with E-state index in [9.17, 15) is 10.1 Å². The SMILES string of the molecule is CCC[C@@H](Nc1cc(Nc2cncc(-n3cc(Cl)cn3)c2)c(C#N)cc1F)[C@H](C)NC(=O)OC(C)(C)C. The van der Waals surface area contributed by atoms with E-state index in [0.29, 0.717) is 28.5 Å². The first-order chi connectivity index (χ1) is 17.5. The Kier molecular flexibility index (Phi) is 8.95. The first-order valence-corrected chi connectivity index (χ1v) is 12.3. The van der Waals surface area contributed by atoms with Crippen LogP contribution in [-0.2, 0) is 4.74 Å². The summed E-state index contributed by atoms with van der Waals surface area (Å²) in [6.07, 6.45) is 7.28. The van der Waals surface area contributed by atoms with Gasteiger partial charge in [0.2, 0.25) is 0 Å². The summed E-state index contributed by atoms with van der Waals surface area (Å²) in [7, 11) is 0. The van der Waals surface area contributed by atoms with Gasteiger partial charge < -0.3 is 20.7 Å². The van der Waals surface area contributed by atoms with E-state index in [1.54, 1.807) is 50.1 Å². The van der Waals surface area contributed by atoms with Crippen molar-refractivity contribution in [1.29, 1.82) is 5.26 Å². The minimum Gasteiger partial charge on any atom is -0.444 e. The lowest BCUT2D eigenvalue weighted by atomic mass is 10.0. The summed E-state index contributed by atoms with van der Waals surface area (Å²) < 4.78 is 21.9. The molecule has 11 heteroatoms. The number of ether oxygens (including phenoxy) is 1. The van der Waals surface area contributed by atoms with E-state index in [-0.39, 0.29) is 23.3 Å². The summed E-state index contributed by atoms with van der Waals surface area (Å²) in [5.74, 6) is -0.578. The molecule has 9 nitrogen and oxygen atoms in total. The van der Waals surface area contributed by atoms with Gasteiger partial charge in [0.05, 0.1) is 51.9 Å². The molecule has 0 saturated heterocycles. The van der Waals surface area contributed by atoms with Crippen molar-refractivity contribution < 1.29 is 13.9 Å². The molecule has 0 unspecified atom stereocenters. The van der Waals surface area contributed by atoms with Gasteiger partial charge in [-0.3, -0.25) is 4.98 Å². The third kappa shape index (κ3) is 7.82. The van der Waals surface area contributed by atoms with Crippen molar-refractivity contribution in [2.24, 2.45) is 0 Å². The Bertz CT molecular complexity index is 1280. The van der Waals surface area contributed by atoms with E-state index in [4.69, 9.17) is 16.3 Å². The van der Waals surface area contributed by atoms with Gasteiger partial charge in [0.1, 0.15) is 17.5 Å². The van der Waals surface area contributed by atoms with Crippen LogP contribution >= 0.6 is 11.6 Å². The maximum Gasteiger partial charge on any atom is 0.407 e. The summed E-state index contributed by atoms with van der Waals surface area (Å²) in [5.41, 5.74) is 1.31. The van der Waals surface area contributed by atoms with E-state index in [1.807, 2.05) is 19.9 Å². The molecule has 3 aromatic rings. The predicted octanol–water partition coefficient (Wildman–Crippen LogP) is 6.17. The van der Waals surface area contributed by atoms with Crippen molar-refractivity contribution in [3.63, 3.8) is 0 Å². The number of carbonyl (C=O) groups excluding carboxylic acids is 1. The highest BCUT2D eigenvalue weighted by Gasteiger charge is 2.23. The highest BCUT2D eigenvalue weighted by molar-refractivity contribution is 6.30. The number of pyridine rings is 1. The highest BCUT2D eigenvalue weighted by atomic mass is 35.5. The van der Waals surface area contributed by atoms with Crippen molar-refractivity contribution in [3.05, 3.63) is 59.4 Å². The molecule has 0 fully saturated rings. The molecule has 0 aliphatic rings. The van der Waals surface area contributed by atoms with Gasteiger partial charge in [0.15, 0.2) is 0 Å². The number of carbonyl (C=O) groups is 1. The molecule has 196 valence electrons. The van der Waals surface area contributed by atoms with Crippen LogP contribution in [-0.4, -0.2) is 38.5 Å². The number of halogens is 2. The first kappa shape index (κ1) is 27.7. The lowest BCUT2D eigenvalue weighted by Crippen LogP contribution is -2.46. The van der Waals surface area contributed by atoms with Gasteiger partial charge in [-0.25, -0.2) is 13.9 Å². The quantitative estimate of drug-likeness (QED) is 0.304. The zero-order chi connectivity index (χ0) is 27.2. The van der Waals surface area contributed by atoms with E-state index < -0.39 is 17.5 Å². The largest absolute Gasteiger partial charge is 0.444 e. The summed E-state index contributed by atoms with van der Waals surface area (Å²) in [6, 6.07) is 5.86. The molecule has 2 heterocycles. The molecule has 1 amide bonds. The zero-order valence-corrected chi connectivity index (χ0v) is 22.2. The number of nitriles is 1. The smallest absolute Gasteiger partial charge is 0.407 e. The number of hydrogen-bond donors (Lipinski definition) is 3. The number of anilines is 3. The molecule has 0 saturated carbocycles. The van der Waals surface area contributed by atoms with Crippen LogP contribution in [0.5, 0.6) is 0 Å². The van der Waals surface area contributed by atoms with Gasteiger partial charge in [-0.2, -0.15) is 10.4 Å². The summed E-state index contributed by atoms with van der Waals surface area (Å²) in [5, 5.41) is 23.4. The van der Waals surface area contributed by atoms with E-state index in [1.165, 1.54) is 18.3 Å². The molecular formula is C26H31ClFN7O2. The van der Waals surface area contributed by atoms with Gasteiger partial charge in [-0.05, 0) is 52.3 Å². The van der Waals surface area contributed by atoms with E-state index in [0.717, 1.165) is 6.42 Å². The van der Waals surface area contributed by atoms with Gasteiger partial charge in [-0.15, -0.1) is 0 Å². The second-order valence-electron chi connectivity index (χ2n) is 9.62. The third-order valence-corrected chi connectivity index (χ3v) is 5.53. The van der Waals surface area contributed by atoms with Crippen LogP contribution in [0.2, 0.25) is 5.02 Å². The van der Waals surface area contributed by atoms with Crippen LogP contribution in [0, 0.1) is 17.1 Å². The Labute approximate surface area is 221 Å². The Balaban J connectivity index is 1.84. The maximum absolute atomic E-state index is 15.0. The lowest BCUT2D eigenvalue weighted by molar-refractivity contribution is 0.0502. The molecule has 0 aliphatic carbocycles. The highest BCUT2D eigenvalue weighted by Crippen LogP contribution is 2.29. The average molecular weight is 528 g/mol. The summed E-state index contributed by atoms with van der Waals surface area (Å²) >= 11 is 5.97. The second kappa shape index (κ2) is 11.9.